The molecule has 1 heterocycles. The molecule has 7 heteroatoms. The lowest BCUT2D eigenvalue weighted by atomic mass is 9.75. The van der Waals surface area contributed by atoms with Gasteiger partial charge in [0.05, 0.1) is 11.2 Å². The quantitative estimate of drug-likeness (QED) is 0.162. The topological polar surface area (TPSA) is 18.5 Å². The van der Waals surface area contributed by atoms with E-state index in [0.717, 1.165) is 50.6 Å². The Hall–Kier alpha value is -3.94. The van der Waals surface area contributed by atoms with Gasteiger partial charge in [-0.15, -0.1) is 0 Å². The molecule has 5 aromatic rings. The van der Waals surface area contributed by atoms with E-state index in [9.17, 15) is 17.6 Å². The number of benzene rings is 5. The van der Waals surface area contributed by atoms with Crippen LogP contribution < -0.4 is 5.46 Å². The number of hydrogen-bond donors (Lipinski definition) is 0. The molecule has 41 heavy (non-hydrogen) atoms. The monoisotopic (exact) mass is 552 g/mol. The highest BCUT2D eigenvalue weighted by Gasteiger charge is 2.52. The van der Waals surface area contributed by atoms with Gasteiger partial charge in [-0.3, -0.25) is 0 Å². The molecule has 1 saturated heterocycles. The maximum atomic E-state index is 14.4. The Bertz CT molecular complexity index is 1770. The molecule has 0 N–H and O–H groups in total. The van der Waals surface area contributed by atoms with E-state index in [-0.39, 0.29) is 0 Å². The van der Waals surface area contributed by atoms with Crippen molar-refractivity contribution in [2.45, 2.75) is 38.9 Å². The van der Waals surface area contributed by atoms with E-state index in [4.69, 9.17) is 9.31 Å². The second-order valence-electron chi connectivity index (χ2n) is 11.7. The molecule has 5 aromatic carbocycles. The molecule has 0 aromatic heterocycles. The number of hydrogen-bond acceptors (Lipinski definition) is 2. The zero-order valence-corrected chi connectivity index (χ0v) is 22.9. The highest BCUT2D eigenvalue weighted by molar-refractivity contribution is 6.65. The fourth-order valence-corrected chi connectivity index (χ4v) is 6.08. The summed E-state index contributed by atoms with van der Waals surface area (Å²) in [5.41, 5.74) is 4.92. The molecule has 0 amide bonds. The Balaban J connectivity index is 1.53. The predicted octanol–water partition coefficient (Wildman–Crippen LogP) is 8.68. The Morgan fingerprint density at radius 3 is 1.46 bits per heavy atom. The molecule has 2 nitrogen and oxygen atoms in total. The summed E-state index contributed by atoms with van der Waals surface area (Å²) >= 11 is 0. The van der Waals surface area contributed by atoms with Crippen LogP contribution in [-0.2, 0) is 9.31 Å². The minimum Gasteiger partial charge on any atom is -0.399 e. The van der Waals surface area contributed by atoms with Crippen LogP contribution in [0.4, 0.5) is 17.6 Å². The number of fused-ring (bicyclic) bond motifs is 3. The van der Waals surface area contributed by atoms with E-state index < -0.39 is 41.6 Å². The van der Waals surface area contributed by atoms with Crippen molar-refractivity contribution in [3.63, 3.8) is 0 Å². The van der Waals surface area contributed by atoms with E-state index in [0.29, 0.717) is 22.3 Å². The van der Waals surface area contributed by atoms with Gasteiger partial charge in [0.2, 0.25) is 0 Å². The first kappa shape index (κ1) is 26.0. The molecule has 7 rings (SSSR count). The fraction of sp³-hybridized carbons (Fsp3) is 0.176. The third-order valence-corrected chi connectivity index (χ3v) is 8.67. The van der Waals surface area contributed by atoms with Crippen LogP contribution in [0.1, 0.15) is 27.7 Å². The van der Waals surface area contributed by atoms with Crippen LogP contribution in [0.5, 0.6) is 0 Å². The summed E-state index contributed by atoms with van der Waals surface area (Å²) in [4.78, 5) is 0. The molecule has 0 bridgehead atoms. The molecule has 0 radical (unpaired) electrons. The van der Waals surface area contributed by atoms with Gasteiger partial charge < -0.3 is 9.31 Å². The number of rotatable bonds is 3. The minimum atomic E-state index is -0.693. The van der Waals surface area contributed by atoms with Crippen molar-refractivity contribution in [3.05, 3.63) is 102 Å². The molecule has 0 saturated carbocycles. The Kier molecular flexibility index (Phi) is 5.57. The zero-order valence-electron chi connectivity index (χ0n) is 22.9. The van der Waals surface area contributed by atoms with E-state index in [1.807, 2.05) is 58.0 Å². The third-order valence-electron chi connectivity index (χ3n) is 8.67. The van der Waals surface area contributed by atoms with Gasteiger partial charge in [-0.2, -0.15) is 0 Å². The SMILES string of the molecule is CC1(C)OB(c2ccc3c4c(cccc24)-c2c(-c4cc(F)cc(F)c4)ccc(-c4cc(F)cc(F)c4)c2-3)OC1(C)C. The summed E-state index contributed by atoms with van der Waals surface area (Å²) in [7, 11) is -0.610. The van der Waals surface area contributed by atoms with Crippen molar-refractivity contribution in [1.82, 2.24) is 0 Å². The van der Waals surface area contributed by atoms with Crippen molar-refractivity contribution >= 4 is 23.4 Å². The van der Waals surface area contributed by atoms with Crippen LogP contribution in [0.2, 0.25) is 0 Å². The summed E-state index contributed by atoms with van der Waals surface area (Å²) < 4.78 is 70.3. The molecular formula is C34H25BF4O2. The third kappa shape index (κ3) is 3.94. The van der Waals surface area contributed by atoms with E-state index in [1.54, 1.807) is 12.1 Å². The van der Waals surface area contributed by atoms with Gasteiger partial charge in [0, 0.05) is 12.1 Å². The Morgan fingerprint density at radius 2 is 0.976 bits per heavy atom. The van der Waals surface area contributed by atoms with Crippen LogP contribution in [0.15, 0.2) is 78.9 Å². The number of halogens is 4. The average molecular weight is 552 g/mol. The molecular weight excluding hydrogens is 527 g/mol. The summed E-state index contributed by atoms with van der Waals surface area (Å²) in [6.45, 7) is 7.99. The van der Waals surface area contributed by atoms with Crippen LogP contribution in [0.3, 0.4) is 0 Å². The standard InChI is InChI=1S/C34H25BF4O2/c1-33(2)34(3,4)41-35(40-33)29-11-10-28-30-26(29)6-5-7-27(30)31-24(18-12-20(36)16-21(37)13-18)8-9-25(32(28)31)19-14-22(38)17-23(39)15-19/h5-17H,1-4H3. The maximum Gasteiger partial charge on any atom is 0.495 e. The summed E-state index contributed by atoms with van der Waals surface area (Å²) in [6, 6.07) is 20.1. The van der Waals surface area contributed by atoms with Crippen LogP contribution in [0, 0.1) is 23.3 Å². The zero-order chi connectivity index (χ0) is 28.8. The van der Waals surface area contributed by atoms with Gasteiger partial charge in [0.15, 0.2) is 0 Å². The lowest BCUT2D eigenvalue weighted by Crippen LogP contribution is -2.41. The van der Waals surface area contributed by atoms with Gasteiger partial charge in [-0.05, 0) is 113 Å². The maximum absolute atomic E-state index is 14.4. The van der Waals surface area contributed by atoms with Gasteiger partial charge in [0.25, 0.3) is 0 Å². The summed E-state index contributed by atoms with van der Waals surface area (Å²) in [5.74, 6) is -2.77. The highest BCUT2D eigenvalue weighted by Crippen LogP contribution is 2.54. The second-order valence-corrected chi connectivity index (χ2v) is 11.7. The molecule has 1 aliphatic heterocycles. The Labute approximate surface area is 235 Å². The van der Waals surface area contributed by atoms with Crippen LogP contribution in [0.25, 0.3) is 55.3 Å². The van der Waals surface area contributed by atoms with Crippen molar-refractivity contribution in [1.29, 1.82) is 0 Å². The van der Waals surface area contributed by atoms with E-state index in [2.05, 4.69) is 0 Å². The normalized spacial score (nSPS) is 16.4. The lowest BCUT2D eigenvalue weighted by Gasteiger charge is -2.32. The predicted molar refractivity (Wildman–Crippen MR) is 155 cm³/mol. The van der Waals surface area contributed by atoms with Crippen LogP contribution in [-0.4, -0.2) is 18.3 Å². The molecule has 204 valence electrons. The second kappa shape index (κ2) is 8.78. The van der Waals surface area contributed by atoms with Gasteiger partial charge in [0.1, 0.15) is 23.3 Å². The van der Waals surface area contributed by atoms with Gasteiger partial charge in [-0.1, -0.05) is 42.5 Å². The van der Waals surface area contributed by atoms with Crippen molar-refractivity contribution in [2.24, 2.45) is 0 Å². The molecule has 1 fully saturated rings. The molecule has 0 spiro atoms. The first-order valence-electron chi connectivity index (χ1n) is 13.5. The first-order chi connectivity index (χ1) is 19.4. The molecule has 2 aliphatic rings. The van der Waals surface area contributed by atoms with Crippen molar-refractivity contribution in [3.8, 4) is 44.5 Å². The minimum absolute atomic E-state index is 0.367. The van der Waals surface area contributed by atoms with E-state index in [1.165, 1.54) is 24.3 Å². The van der Waals surface area contributed by atoms with Crippen LogP contribution >= 0.6 is 0 Å². The first-order valence-corrected chi connectivity index (χ1v) is 13.5. The smallest absolute Gasteiger partial charge is 0.399 e. The van der Waals surface area contributed by atoms with Gasteiger partial charge in [-0.25, -0.2) is 17.6 Å². The molecule has 1 aliphatic carbocycles. The van der Waals surface area contributed by atoms with Gasteiger partial charge >= 0.3 is 7.12 Å². The Morgan fingerprint density at radius 1 is 0.537 bits per heavy atom. The summed E-state index contributed by atoms with van der Waals surface area (Å²) in [6.07, 6.45) is 0. The lowest BCUT2D eigenvalue weighted by molar-refractivity contribution is 0.00578. The molecule has 0 atom stereocenters. The largest absolute Gasteiger partial charge is 0.495 e. The molecule has 0 unspecified atom stereocenters. The van der Waals surface area contributed by atoms with E-state index >= 15 is 0 Å². The fourth-order valence-electron chi connectivity index (χ4n) is 6.08. The summed E-state index contributed by atoms with van der Waals surface area (Å²) in [5, 5.41) is 1.82. The average Bonchev–Trinajstić information content (AvgIpc) is 3.33. The van der Waals surface area contributed by atoms with Crippen molar-refractivity contribution < 1.29 is 26.9 Å². The van der Waals surface area contributed by atoms with Crippen molar-refractivity contribution in [2.75, 3.05) is 0 Å². The highest BCUT2D eigenvalue weighted by atomic mass is 19.1.